The zero-order valence-corrected chi connectivity index (χ0v) is 10.3. The van der Waals surface area contributed by atoms with Crippen molar-refractivity contribution in [2.24, 2.45) is 10.2 Å². The highest BCUT2D eigenvalue weighted by molar-refractivity contribution is 5.84. The second kappa shape index (κ2) is 6.91. The van der Waals surface area contributed by atoms with Crippen molar-refractivity contribution >= 4 is 18.5 Å². The molecule has 0 radical (unpaired) electrons. The molecule has 0 atom stereocenters. The van der Waals surface area contributed by atoms with Gasteiger partial charge in [0, 0.05) is 11.8 Å². The van der Waals surface area contributed by atoms with Crippen molar-refractivity contribution in [3.63, 3.8) is 0 Å². The fraction of sp³-hybridized carbons (Fsp3) is 0. The summed E-state index contributed by atoms with van der Waals surface area (Å²) in [6, 6.07) is 16.9. The molecule has 0 aliphatic heterocycles. The topological polar surface area (TPSA) is 45.0 Å². The average Bonchev–Trinajstić information content (AvgIpc) is 2.45. The van der Waals surface area contributed by atoms with Gasteiger partial charge >= 0.3 is 0 Å². The van der Waals surface area contributed by atoms with Crippen molar-refractivity contribution in [2.75, 3.05) is 0 Å². The van der Waals surface area contributed by atoms with E-state index in [0.717, 1.165) is 5.56 Å². The second-order valence-corrected chi connectivity index (χ2v) is 3.84. The predicted octanol–water partition coefficient (Wildman–Crippen LogP) is 3.51. The Morgan fingerprint density at radius 3 is 2.37 bits per heavy atom. The van der Waals surface area contributed by atoms with Crippen LogP contribution in [0.25, 0.3) is 6.08 Å². The Bertz CT molecular complexity index is 601. The van der Waals surface area contributed by atoms with Gasteiger partial charge in [0.05, 0.1) is 6.21 Å². The number of phenols is 1. The van der Waals surface area contributed by atoms with Crippen molar-refractivity contribution in [3.05, 3.63) is 71.8 Å². The van der Waals surface area contributed by atoms with Crippen molar-refractivity contribution < 1.29 is 5.11 Å². The third-order valence-corrected chi connectivity index (χ3v) is 2.44. The number of para-hydroxylation sites is 1. The maximum absolute atomic E-state index is 9.50. The summed E-state index contributed by atoms with van der Waals surface area (Å²) in [5.74, 6) is 0.196. The van der Waals surface area contributed by atoms with Gasteiger partial charge in [-0.25, -0.2) is 0 Å². The molecule has 0 spiro atoms. The molecule has 0 amide bonds. The number of allylic oxidation sites excluding steroid dienone is 1. The largest absolute Gasteiger partial charge is 0.507 e. The van der Waals surface area contributed by atoms with E-state index < -0.39 is 0 Å². The molecule has 0 aliphatic rings. The van der Waals surface area contributed by atoms with Crippen molar-refractivity contribution in [2.45, 2.75) is 0 Å². The maximum Gasteiger partial charge on any atom is 0.124 e. The number of nitrogens with zero attached hydrogens (tertiary/aromatic N) is 2. The highest BCUT2D eigenvalue weighted by atomic mass is 16.3. The molecular weight excluding hydrogens is 236 g/mol. The van der Waals surface area contributed by atoms with Crippen LogP contribution in [0.15, 0.2) is 70.9 Å². The highest BCUT2D eigenvalue weighted by Gasteiger charge is 1.93. The highest BCUT2D eigenvalue weighted by Crippen LogP contribution is 2.12. The van der Waals surface area contributed by atoms with Gasteiger partial charge in [-0.15, -0.1) is 0 Å². The van der Waals surface area contributed by atoms with Crippen LogP contribution in [0.5, 0.6) is 5.75 Å². The molecule has 0 heterocycles. The van der Waals surface area contributed by atoms with E-state index in [1.54, 1.807) is 24.4 Å². The van der Waals surface area contributed by atoms with Gasteiger partial charge in [0.1, 0.15) is 5.75 Å². The molecule has 2 aromatic carbocycles. The van der Waals surface area contributed by atoms with Gasteiger partial charge in [0.15, 0.2) is 0 Å². The second-order valence-electron chi connectivity index (χ2n) is 3.84. The summed E-state index contributed by atoms with van der Waals surface area (Å²) in [6.07, 6.45) is 6.88. The van der Waals surface area contributed by atoms with E-state index in [1.807, 2.05) is 48.6 Å². The Labute approximate surface area is 112 Å². The third kappa shape index (κ3) is 4.24. The van der Waals surface area contributed by atoms with Gasteiger partial charge in [-0.1, -0.05) is 48.5 Å². The van der Waals surface area contributed by atoms with Crippen molar-refractivity contribution in [1.82, 2.24) is 0 Å². The first kappa shape index (κ1) is 12.8. The molecule has 19 heavy (non-hydrogen) atoms. The number of rotatable bonds is 4. The molecule has 1 N–H and O–H groups in total. The van der Waals surface area contributed by atoms with E-state index in [4.69, 9.17) is 0 Å². The monoisotopic (exact) mass is 250 g/mol. The summed E-state index contributed by atoms with van der Waals surface area (Å²) in [4.78, 5) is 0. The summed E-state index contributed by atoms with van der Waals surface area (Å²) in [6.45, 7) is 0. The fourth-order valence-electron chi connectivity index (χ4n) is 1.49. The van der Waals surface area contributed by atoms with Crippen LogP contribution in [-0.2, 0) is 0 Å². The number of aromatic hydroxyl groups is 1. The van der Waals surface area contributed by atoms with Gasteiger partial charge in [-0.2, -0.15) is 10.2 Å². The van der Waals surface area contributed by atoms with Crippen LogP contribution in [-0.4, -0.2) is 17.5 Å². The number of hydrogen-bond acceptors (Lipinski definition) is 3. The van der Waals surface area contributed by atoms with Crippen molar-refractivity contribution in [1.29, 1.82) is 0 Å². The molecule has 0 aromatic heterocycles. The van der Waals surface area contributed by atoms with Crippen LogP contribution in [0, 0.1) is 0 Å². The Morgan fingerprint density at radius 2 is 1.58 bits per heavy atom. The smallest absolute Gasteiger partial charge is 0.124 e. The zero-order valence-electron chi connectivity index (χ0n) is 10.3. The van der Waals surface area contributed by atoms with Crippen molar-refractivity contribution in [3.8, 4) is 5.75 Å². The first-order chi connectivity index (χ1) is 9.36. The fourth-order valence-corrected chi connectivity index (χ4v) is 1.49. The van der Waals surface area contributed by atoms with E-state index in [0.29, 0.717) is 5.56 Å². The molecule has 3 nitrogen and oxygen atoms in total. The van der Waals surface area contributed by atoms with E-state index in [-0.39, 0.29) is 5.75 Å². The lowest BCUT2D eigenvalue weighted by molar-refractivity contribution is 0.474. The summed E-state index contributed by atoms with van der Waals surface area (Å²) in [5, 5.41) is 17.2. The first-order valence-electron chi connectivity index (χ1n) is 5.92. The average molecular weight is 250 g/mol. The van der Waals surface area contributed by atoms with E-state index >= 15 is 0 Å². The third-order valence-electron chi connectivity index (χ3n) is 2.44. The number of phenolic OH excluding ortho intramolecular Hbond substituents is 1. The SMILES string of the molecule is Oc1ccccc1/C=N/N=C/C=C\c1ccccc1. The summed E-state index contributed by atoms with van der Waals surface area (Å²) >= 11 is 0. The van der Waals surface area contributed by atoms with E-state index in [9.17, 15) is 5.11 Å². The van der Waals surface area contributed by atoms with Gasteiger partial charge in [-0.3, -0.25) is 0 Å². The molecule has 94 valence electrons. The number of benzene rings is 2. The molecule has 0 fully saturated rings. The molecule has 3 heteroatoms. The minimum absolute atomic E-state index is 0.196. The summed E-state index contributed by atoms with van der Waals surface area (Å²) in [5.41, 5.74) is 1.75. The lowest BCUT2D eigenvalue weighted by Crippen LogP contribution is -1.80. The molecule has 2 rings (SSSR count). The number of hydrogen-bond donors (Lipinski definition) is 1. The van der Waals surface area contributed by atoms with Gasteiger partial charge in [0.2, 0.25) is 0 Å². The lowest BCUT2D eigenvalue weighted by atomic mass is 10.2. The first-order valence-corrected chi connectivity index (χ1v) is 5.92. The van der Waals surface area contributed by atoms with Crippen LogP contribution in [0.1, 0.15) is 11.1 Å². The summed E-state index contributed by atoms with van der Waals surface area (Å²) in [7, 11) is 0. The van der Waals surface area contributed by atoms with Crippen LogP contribution in [0.3, 0.4) is 0 Å². The normalized spacial score (nSPS) is 11.8. The molecule has 0 aliphatic carbocycles. The predicted molar refractivity (Wildman–Crippen MR) is 79.7 cm³/mol. The molecular formula is C16H14N2O. The molecule has 2 aromatic rings. The van der Waals surface area contributed by atoms with Gasteiger partial charge in [-0.05, 0) is 23.8 Å². The molecule has 0 bridgehead atoms. The maximum atomic E-state index is 9.50. The Balaban J connectivity index is 1.91. The lowest BCUT2D eigenvalue weighted by Gasteiger charge is -1.94. The quantitative estimate of drug-likeness (QED) is 0.655. The molecule has 0 unspecified atom stereocenters. The van der Waals surface area contributed by atoms with E-state index in [1.165, 1.54) is 6.21 Å². The standard InChI is InChI=1S/C16H14N2O/c19-16-11-5-4-10-15(16)13-18-17-12-6-9-14-7-2-1-3-8-14/h1-13,19H/b9-6-,17-12+,18-13+. The van der Waals surface area contributed by atoms with Gasteiger partial charge < -0.3 is 5.11 Å². The minimum Gasteiger partial charge on any atom is -0.507 e. The zero-order chi connectivity index (χ0) is 13.3. The van der Waals surface area contributed by atoms with Gasteiger partial charge in [0.25, 0.3) is 0 Å². The van der Waals surface area contributed by atoms with Crippen LogP contribution < -0.4 is 0 Å². The van der Waals surface area contributed by atoms with Crippen LogP contribution >= 0.6 is 0 Å². The Kier molecular flexibility index (Phi) is 4.64. The van der Waals surface area contributed by atoms with E-state index in [2.05, 4.69) is 10.2 Å². The molecule has 0 saturated carbocycles. The minimum atomic E-state index is 0.196. The van der Waals surface area contributed by atoms with Crippen LogP contribution in [0.2, 0.25) is 0 Å². The Morgan fingerprint density at radius 1 is 0.842 bits per heavy atom. The summed E-state index contributed by atoms with van der Waals surface area (Å²) < 4.78 is 0. The molecule has 0 saturated heterocycles. The van der Waals surface area contributed by atoms with Crippen LogP contribution in [0.4, 0.5) is 0 Å². The Hall–Kier alpha value is -2.68.